The zero-order valence-electron chi connectivity index (χ0n) is 34.3. The topological polar surface area (TPSA) is 163 Å². The van der Waals surface area contributed by atoms with Crippen molar-refractivity contribution in [3.8, 4) is 0 Å². The predicted octanol–water partition coefficient (Wildman–Crippen LogP) is 3.51. The quantitative estimate of drug-likeness (QED) is 0.189. The fourth-order valence-electron chi connectivity index (χ4n) is 17.9. The molecule has 4 saturated heterocycles. The Hall–Kier alpha value is -3.03. The molecule has 11 aliphatic rings. The second-order valence-electron chi connectivity index (χ2n) is 20.9. The first kappa shape index (κ1) is 37.9. The van der Waals surface area contributed by atoms with Gasteiger partial charge in [0.1, 0.15) is 18.8 Å². The summed E-state index contributed by atoms with van der Waals surface area (Å²) in [5.41, 5.74) is -1.55. The van der Waals surface area contributed by atoms with E-state index in [1.54, 1.807) is 6.08 Å². The van der Waals surface area contributed by atoms with Gasteiger partial charge in [0, 0.05) is 55.3 Å². The van der Waals surface area contributed by atoms with Crippen molar-refractivity contribution in [1.29, 1.82) is 0 Å². The highest BCUT2D eigenvalue weighted by molar-refractivity contribution is 5.85. The van der Waals surface area contributed by atoms with Crippen LogP contribution in [0.1, 0.15) is 96.5 Å². The molecule has 5 bridgehead atoms. The summed E-state index contributed by atoms with van der Waals surface area (Å²) in [5, 5.41) is 50.6. The van der Waals surface area contributed by atoms with E-state index in [1.165, 1.54) is 12.7 Å². The highest BCUT2D eigenvalue weighted by Crippen LogP contribution is 2.73. The van der Waals surface area contributed by atoms with E-state index in [1.807, 2.05) is 6.07 Å². The highest BCUT2D eigenvalue weighted by Gasteiger charge is 2.83. The standard InChI is InChI=1S/C46H61N2O10/c1-5-26-27-19-33-38-44(31-8-6-7-9-32(31)47(38)3)21-34(37(27)39(44)51)48(33,40(26)52)22-36(50)58-25-10-16-45(41(53)56-4)29-11-14-42(2)28(24-18-35(49)57-23-24)13-17-46(42,55)30(29)12-15-43(45,54)20-25/h6-9,18,25-30,33-34,37-40,51-52,54-55H,5,10-17,19-23H2,1-4H3/q+1/t25-,26-,27+,28+,29+,30-,33-,34-,37+,38-,39-,40+,42-,43-,44+,45+,46-,48+/m0/s1. The van der Waals surface area contributed by atoms with Crippen molar-refractivity contribution in [3.05, 3.63) is 41.5 Å². The molecule has 5 aliphatic carbocycles. The van der Waals surface area contributed by atoms with Gasteiger partial charge in [-0.25, -0.2) is 9.59 Å². The first-order valence-corrected chi connectivity index (χ1v) is 22.3. The number of rotatable bonds is 6. The SMILES string of the molecule is CC[C@H]1[C@H]2C[C@H]3[C@@H]4N(C)c5ccccc5[C@]45C[C@@H]([C@@H]2[C@@H]5O)[N@+]3(CC(=O)O[C@H]2CC[C@]3(C(=O)OC)[C@@H]4CC[C@@]5(C)[C@@H](C6=CC(=O)OC6)CC[C@]5(O)[C@H]4CC[C@]3(O)C2)[C@@H]1O. The van der Waals surface area contributed by atoms with Crippen LogP contribution in [0.2, 0.25) is 0 Å². The van der Waals surface area contributed by atoms with Crippen molar-refractivity contribution in [1.82, 2.24) is 0 Å². The third kappa shape index (κ3) is 4.14. The van der Waals surface area contributed by atoms with Gasteiger partial charge in [-0.05, 0) is 98.7 Å². The lowest BCUT2D eigenvalue weighted by molar-refractivity contribution is -1.03. The van der Waals surface area contributed by atoms with Crippen molar-refractivity contribution < 1.29 is 53.5 Å². The van der Waals surface area contributed by atoms with Gasteiger partial charge >= 0.3 is 17.9 Å². The normalized spacial score (nSPS) is 52.6. The monoisotopic (exact) mass is 801 g/mol. The number of nitrogens with zero attached hydrogens (tertiary/aromatic N) is 2. The van der Waals surface area contributed by atoms with Crippen molar-refractivity contribution in [3.63, 3.8) is 0 Å². The molecule has 6 heterocycles. The van der Waals surface area contributed by atoms with Crippen molar-refractivity contribution in [2.45, 2.75) is 144 Å². The number of methoxy groups -OCH3 is 1. The molecular formula is C46H61N2O10+. The molecule has 18 atom stereocenters. The number of aliphatic hydroxyl groups excluding tert-OH is 2. The van der Waals surface area contributed by atoms with Crippen LogP contribution >= 0.6 is 0 Å². The minimum absolute atomic E-state index is 0.00132. The van der Waals surface area contributed by atoms with Gasteiger partial charge in [-0.2, -0.15) is 0 Å². The number of carbonyl (C=O) groups is 3. The summed E-state index contributed by atoms with van der Waals surface area (Å²) in [6.07, 6.45) is 6.02. The summed E-state index contributed by atoms with van der Waals surface area (Å²) < 4.78 is 17.5. The van der Waals surface area contributed by atoms with E-state index in [2.05, 4.69) is 44.0 Å². The minimum atomic E-state index is -1.50. The number of carbonyl (C=O) groups excluding carboxylic acids is 3. The summed E-state index contributed by atoms with van der Waals surface area (Å²) in [4.78, 5) is 43.2. The van der Waals surface area contributed by atoms with E-state index in [0.717, 1.165) is 30.5 Å². The van der Waals surface area contributed by atoms with Crippen LogP contribution in [0.4, 0.5) is 5.69 Å². The highest BCUT2D eigenvalue weighted by atomic mass is 16.6. The molecule has 58 heavy (non-hydrogen) atoms. The molecule has 0 aromatic heterocycles. The average Bonchev–Trinajstić information content (AvgIpc) is 3.89. The lowest BCUT2D eigenvalue weighted by Crippen LogP contribution is -2.83. The zero-order valence-corrected chi connectivity index (χ0v) is 34.3. The van der Waals surface area contributed by atoms with Crippen molar-refractivity contribution in [2.75, 3.05) is 32.2 Å². The third-order valence-electron chi connectivity index (χ3n) is 19.9. The second-order valence-corrected chi connectivity index (χ2v) is 20.9. The molecule has 4 N–H and O–H groups in total. The smallest absolute Gasteiger partial charge is 0.362 e. The largest absolute Gasteiger partial charge is 0.468 e. The Morgan fingerprint density at radius 2 is 1.78 bits per heavy atom. The zero-order chi connectivity index (χ0) is 40.5. The number of anilines is 1. The molecule has 6 aliphatic heterocycles. The maximum absolute atomic E-state index is 14.6. The molecule has 1 aromatic carbocycles. The van der Waals surface area contributed by atoms with Crippen LogP contribution in [0, 0.1) is 46.3 Å². The van der Waals surface area contributed by atoms with Gasteiger partial charge in [0.15, 0.2) is 12.8 Å². The van der Waals surface area contributed by atoms with Crippen LogP contribution in [0.15, 0.2) is 35.9 Å². The molecule has 12 heteroatoms. The van der Waals surface area contributed by atoms with E-state index in [-0.39, 0.29) is 96.5 Å². The molecule has 0 radical (unpaired) electrons. The molecular weight excluding hydrogens is 741 g/mol. The molecule has 0 amide bonds. The number of aliphatic hydroxyl groups is 4. The van der Waals surface area contributed by atoms with E-state index < -0.39 is 57.8 Å². The van der Waals surface area contributed by atoms with E-state index in [4.69, 9.17) is 14.2 Å². The number of hydrogen-bond donors (Lipinski definition) is 4. The lowest BCUT2D eigenvalue weighted by Gasteiger charge is -2.67. The summed E-state index contributed by atoms with van der Waals surface area (Å²) in [6.45, 7) is 4.49. The van der Waals surface area contributed by atoms with Crippen LogP contribution in [0.3, 0.4) is 0 Å². The molecule has 12 nitrogen and oxygen atoms in total. The molecule has 5 saturated carbocycles. The summed E-state index contributed by atoms with van der Waals surface area (Å²) in [6, 6.07) is 8.21. The second kappa shape index (κ2) is 12.1. The van der Waals surface area contributed by atoms with E-state index in [9.17, 15) is 34.8 Å². The van der Waals surface area contributed by atoms with Crippen LogP contribution in [0.5, 0.6) is 0 Å². The van der Waals surface area contributed by atoms with Crippen LogP contribution in [0.25, 0.3) is 0 Å². The van der Waals surface area contributed by atoms with Gasteiger partial charge in [0.05, 0.1) is 47.3 Å². The number of quaternary nitrogens is 1. The Morgan fingerprint density at radius 3 is 2.52 bits per heavy atom. The Bertz CT molecular complexity index is 2010. The molecule has 9 fully saturated rings. The number of piperidine rings is 4. The number of cyclic esters (lactones) is 1. The Labute approximate surface area is 340 Å². The minimum Gasteiger partial charge on any atom is -0.468 e. The molecule has 1 aromatic rings. The molecule has 1 spiro atoms. The van der Waals surface area contributed by atoms with Gasteiger partial charge in [-0.3, -0.25) is 9.28 Å². The number of fused-ring (bicyclic) bond motifs is 7. The van der Waals surface area contributed by atoms with E-state index >= 15 is 0 Å². The fraction of sp³-hybridized carbons (Fsp3) is 0.761. The average molecular weight is 802 g/mol. The maximum atomic E-state index is 14.6. The van der Waals surface area contributed by atoms with Crippen LogP contribution < -0.4 is 4.90 Å². The van der Waals surface area contributed by atoms with Crippen LogP contribution in [-0.2, 0) is 34.0 Å². The van der Waals surface area contributed by atoms with Crippen molar-refractivity contribution in [2.24, 2.45) is 46.3 Å². The Balaban J connectivity index is 0.871. The summed E-state index contributed by atoms with van der Waals surface area (Å²) >= 11 is 0. The number of likely N-dealkylation sites (N-methyl/N-ethyl adjacent to an activating group) is 1. The van der Waals surface area contributed by atoms with Gasteiger partial charge in [-0.15, -0.1) is 0 Å². The van der Waals surface area contributed by atoms with Gasteiger partial charge < -0.3 is 39.5 Å². The number of ether oxygens (including phenoxy) is 3. The molecule has 314 valence electrons. The first-order chi connectivity index (χ1) is 27.7. The lowest BCUT2D eigenvalue weighted by atomic mass is 9.41. The Kier molecular flexibility index (Phi) is 7.90. The number of para-hydroxylation sites is 1. The number of hydrogen-bond acceptors (Lipinski definition) is 11. The predicted molar refractivity (Wildman–Crippen MR) is 208 cm³/mol. The van der Waals surface area contributed by atoms with Crippen LogP contribution in [-0.4, -0.2) is 118 Å². The molecule has 0 unspecified atom stereocenters. The van der Waals surface area contributed by atoms with E-state index in [0.29, 0.717) is 38.5 Å². The van der Waals surface area contributed by atoms with Gasteiger partial charge in [0.2, 0.25) is 0 Å². The van der Waals surface area contributed by atoms with Gasteiger partial charge in [0.25, 0.3) is 0 Å². The van der Waals surface area contributed by atoms with Gasteiger partial charge in [-0.1, -0.05) is 32.0 Å². The number of esters is 3. The van der Waals surface area contributed by atoms with Crippen molar-refractivity contribution >= 4 is 23.6 Å². The molecule has 12 rings (SSSR count). The first-order valence-electron chi connectivity index (χ1n) is 22.3. The number of benzene rings is 1. The summed E-state index contributed by atoms with van der Waals surface area (Å²) in [7, 11) is 3.48. The fourth-order valence-corrected chi connectivity index (χ4v) is 17.9. The maximum Gasteiger partial charge on any atom is 0.362 e. The Morgan fingerprint density at radius 1 is 1.00 bits per heavy atom. The third-order valence-corrected chi connectivity index (χ3v) is 19.9. The summed E-state index contributed by atoms with van der Waals surface area (Å²) in [5.74, 6) is -1.64.